The van der Waals surface area contributed by atoms with Crippen molar-refractivity contribution in [2.75, 3.05) is 52.5 Å². The van der Waals surface area contributed by atoms with E-state index in [4.69, 9.17) is 10.5 Å². The van der Waals surface area contributed by atoms with E-state index in [1.165, 1.54) is 19.5 Å². The zero-order chi connectivity index (χ0) is 11.7. The number of piperidine rings is 1. The van der Waals surface area contributed by atoms with Crippen molar-refractivity contribution in [3.05, 3.63) is 0 Å². The van der Waals surface area contributed by atoms with Crippen molar-refractivity contribution in [3.63, 3.8) is 0 Å². The molecular weight excluding hydrogens is 216 g/mol. The summed E-state index contributed by atoms with van der Waals surface area (Å²) in [6.45, 7) is 8.49. The number of nitrogens with one attached hydrogen (secondary N) is 1. The number of nitrogens with zero attached hydrogens (tertiary/aromatic N) is 2. The van der Waals surface area contributed by atoms with E-state index in [2.05, 4.69) is 15.1 Å². The van der Waals surface area contributed by atoms with Crippen molar-refractivity contribution < 1.29 is 4.74 Å². The molecule has 0 amide bonds. The van der Waals surface area contributed by atoms with E-state index >= 15 is 0 Å². The number of rotatable bonds is 1. The molecule has 17 heavy (non-hydrogen) atoms. The van der Waals surface area contributed by atoms with Gasteiger partial charge in [0.1, 0.15) is 0 Å². The first-order valence-electron chi connectivity index (χ1n) is 6.87. The molecular formula is C12H24N4O. The SMILES string of the molecule is NC1CNCCC1N1CCN2CCOCC2C1. The molecule has 0 radical (unpaired) electrons. The third-order valence-corrected chi connectivity index (χ3v) is 4.43. The molecule has 3 N–H and O–H groups in total. The molecule has 3 aliphatic heterocycles. The Labute approximate surface area is 103 Å². The predicted molar refractivity (Wildman–Crippen MR) is 67.0 cm³/mol. The normalized spacial score (nSPS) is 41.1. The van der Waals surface area contributed by atoms with Crippen molar-refractivity contribution in [3.8, 4) is 0 Å². The second-order valence-electron chi connectivity index (χ2n) is 5.48. The van der Waals surface area contributed by atoms with Gasteiger partial charge in [-0.3, -0.25) is 9.80 Å². The summed E-state index contributed by atoms with van der Waals surface area (Å²) >= 11 is 0. The average Bonchev–Trinajstić information content (AvgIpc) is 2.39. The molecule has 0 saturated carbocycles. The van der Waals surface area contributed by atoms with Gasteiger partial charge < -0.3 is 15.8 Å². The number of hydrogen-bond donors (Lipinski definition) is 2. The molecule has 0 aromatic rings. The van der Waals surface area contributed by atoms with E-state index in [1.54, 1.807) is 0 Å². The minimum atomic E-state index is 0.291. The van der Waals surface area contributed by atoms with E-state index < -0.39 is 0 Å². The van der Waals surface area contributed by atoms with Crippen molar-refractivity contribution >= 4 is 0 Å². The van der Waals surface area contributed by atoms with Gasteiger partial charge in [-0.1, -0.05) is 0 Å². The molecule has 0 spiro atoms. The van der Waals surface area contributed by atoms with Crippen LogP contribution in [-0.4, -0.2) is 80.4 Å². The maximum atomic E-state index is 6.23. The Bertz CT molecular complexity index is 263. The molecule has 5 heteroatoms. The van der Waals surface area contributed by atoms with Crippen LogP contribution in [0.25, 0.3) is 0 Å². The van der Waals surface area contributed by atoms with Gasteiger partial charge >= 0.3 is 0 Å². The molecule has 3 rings (SSSR count). The van der Waals surface area contributed by atoms with Crippen LogP contribution in [0.2, 0.25) is 0 Å². The van der Waals surface area contributed by atoms with Crippen molar-refractivity contribution in [2.45, 2.75) is 24.5 Å². The quantitative estimate of drug-likeness (QED) is 0.596. The fourth-order valence-corrected chi connectivity index (χ4v) is 3.39. The molecule has 5 nitrogen and oxygen atoms in total. The smallest absolute Gasteiger partial charge is 0.0634 e. The maximum absolute atomic E-state index is 6.23. The van der Waals surface area contributed by atoms with Gasteiger partial charge in [0.25, 0.3) is 0 Å². The standard InChI is InChI=1S/C12H24N4O/c13-11-7-14-2-1-12(11)16-4-3-15-5-6-17-9-10(15)8-16/h10-12,14H,1-9,13H2. The van der Waals surface area contributed by atoms with Gasteiger partial charge in [-0.05, 0) is 13.0 Å². The summed E-state index contributed by atoms with van der Waals surface area (Å²) < 4.78 is 5.59. The van der Waals surface area contributed by atoms with E-state index in [0.29, 0.717) is 18.1 Å². The van der Waals surface area contributed by atoms with Crippen LogP contribution < -0.4 is 11.1 Å². The van der Waals surface area contributed by atoms with Gasteiger partial charge in [0.15, 0.2) is 0 Å². The Balaban J connectivity index is 1.60. The molecule has 98 valence electrons. The first kappa shape index (κ1) is 11.9. The number of fused-ring (bicyclic) bond motifs is 1. The Hall–Kier alpha value is -0.200. The van der Waals surface area contributed by atoms with E-state index in [-0.39, 0.29) is 0 Å². The lowest BCUT2D eigenvalue weighted by molar-refractivity contribution is -0.0569. The largest absolute Gasteiger partial charge is 0.378 e. The number of morpholine rings is 1. The molecule has 3 aliphatic rings. The monoisotopic (exact) mass is 240 g/mol. The van der Waals surface area contributed by atoms with E-state index in [9.17, 15) is 0 Å². The lowest BCUT2D eigenvalue weighted by atomic mass is 9.97. The summed E-state index contributed by atoms with van der Waals surface area (Å²) in [4.78, 5) is 5.17. The molecule has 3 heterocycles. The minimum absolute atomic E-state index is 0.291. The molecule has 3 atom stereocenters. The van der Waals surface area contributed by atoms with Crippen molar-refractivity contribution in [1.82, 2.24) is 15.1 Å². The maximum Gasteiger partial charge on any atom is 0.0634 e. The van der Waals surface area contributed by atoms with Crippen LogP contribution in [0.3, 0.4) is 0 Å². The van der Waals surface area contributed by atoms with Gasteiger partial charge in [-0.25, -0.2) is 0 Å². The summed E-state index contributed by atoms with van der Waals surface area (Å²) in [6.07, 6.45) is 1.19. The highest BCUT2D eigenvalue weighted by Gasteiger charge is 2.35. The highest BCUT2D eigenvalue weighted by molar-refractivity contribution is 4.93. The highest BCUT2D eigenvalue weighted by Crippen LogP contribution is 2.19. The number of nitrogens with two attached hydrogens (primary N) is 1. The van der Waals surface area contributed by atoms with Crippen LogP contribution in [0, 0.1) is 0 Å². The number of piperazine rings is 1. The molecule has 0 aromatic carbocycles. The third kappa shape index (κ3) is 2.48. The van der Waals surface area contributed by atoms with Gasteiger partial charge in [0, 0.05) is 50.8 Å². The fraction of sp³-hybridized carbons (Fsp3) is 1.00. The second kappa shape index (κ2) is 5.20. The lowest BCUT2D eigenvalue weighted by Crippen LogP contribution is -2.64. The van der Waals surface area contributed by atoms with Gasteiger partial charge in [-0.15, -0.1) is 0 Å². The Kier molecular flexibility index (Phi) is 3.63. The minimum Gasteiger partial charge on any atom is -0.378 e. The van der Waals surface area contributed by atoms with Crippen LogP contribution in [0.1, 0.15) is 6.42 Å². The summed E-state index contributed by atoms with van der Waals surface area (Å²) in [5, 5.41) is 3.37. The molecule has 3 unspecified atom stereocenters. The van der Waals surface area contributed by atoms with Crippen LogP contribution in [-0.2, 0) is 4.74 Å². The molecule has 0 aliphatic carbocycles. The molecule has 0 bridgehead atoms. The summed E-state index contributed by atoms with van der Waals surface area (Å²) in [6, 6.07) is 1.46. The average molecular weight is 240 g/mol. The first-order chi connectivity index (χ1) is 8.34. The predicted octanol–water partition coefficient (Wildman–Crippen LogP) is -1.31. The summed E-state index contributed by atoms with van der Waals surface area (Å²) in [5.41, 5.74) is 6.23. The zero-order valence-corrected chi connectivity index (χ0v) is 10.5. The number of hydrogen-bond acceptors (Lipinski definition) is 5. The van der Waals surface area contributed by atoms with E-state index in [0.717, 1.165) is 39.4 Å². The molecule has 3 saturated heterocycles. The number of ether oxygens (including phenoxy) is 1. The Morgan fingerprint density at radius 1 is 1.18 bits per heavy atom. The fourth-order valence-electron chi connectivity index (χ4n) is 3.39. The van der Waals surface area contributed by atoms with Gasteiger partial charge in [0.2, 0.25) is 0 Å². The first-order valence-corrected chi connectivity index (χ1v) is 6.87. The topological polar surface area (TPSA) is 53.8 Å². The van der Waals surface area contributed by atoms with Crippen molar-refractivity contribution in [1.29, 1.82) is 0 Å². The zero-order valence-electron chi connectivity index (χ0n) is 10.5. The van der Waals surface area contributed by atoms with Crippen LogP contribution in [0.15, 0.2) is 0 Å². The van der Waals surface area contributed by atoms with Crippen LogP contribution >= 0.6 is 0 Å². The van der Waals surface area contributed by atoms with Gasteiger partial charge in [0.05, 0.1) is 13.2 Å². The summed E-state index contributed by atoms with van der Waals surface area (Å²) in [7, 11) is 0. The highest BCUT2D eigenvalue weighted by atomic mass is 16.5. The Morgan fingerprint density at radius 3 is 2.94 bits per heavy atom. The molecule has 0 aromatic heterocycles. The van der Waals surface area contributed by atoms with Gasteiger partial charge in [-0.2, -0.15) is 0 Å². The van der Waals surface area contributed by atoms with Crippen molar-refractivity contribution in [2.24, 2.45) is 5.73 Å². The molecule has 3 fully saturated rings. The summed E-state index contributed by atoms with van der Waals surface area (Å²) in [5.74, 6) is 0. The van der Waals surface area contributed by atoms with Crippen LogP contribution in [0.5, 0.6) is 0 Å². The van der Waals surface area contributed by atoms with E-state index in [1.807, 2.05) is 0 Å². The second-order valence-corrected chi connectivity index (χ2v) is 5.48. The lowest BCUT2D eigenvalue weighted by Gasteiger charge is -2.48. The third-order valence-electron chi connectivity index (χ3n) is 4.43. The Morgan fingerprint density at radius 2 is 2.06 bits per heavy atom. The van der Waals surface area contributed by atoms with Crippen LogP contribution in [0.4, 0.5) is 0 Å².